The molecule has 0 unspecified atom stereocenters. The highest BCUT2D eigenvalue weighted by atomic mass is 32.1. The zero-order chi connectivity index (χ0) is 15.7. The summed E-state index contributed by atoms with van der Waals surface area (Å²) < 4.78 is 6.95. The van der Waals surface area contributed by atoms with Crippen molar-refractivity contribution in [2.75, 3.05) is 0 Å². The molecule has 22 heavy (non-hydrogen) atoms. The standard InChI is InChI=1S/C15H12N4O2S/c1-3-11-7-13(20)19-14(17-11)22-15(18-19)21-12-5-4-10(8-16)6-9(12)2/h4-7H,3H2,1-2H3. The normalized spacial score (nSPS) is 10.6. The summed E-state index contributed by atoms with van der Waals surface area (Å²) in [4.78, 5) is 16.8. The van der Waals surface area contributed by atoms with Crippen LogP contribution in [-0.4, -0.2) is 14.6 Å². The minimum Gasteiger partial charge on any atom is -0.430 e. The van der Waals surface area contributed by atoms with Gasteiger partial charge >= 0.3 is 0 Å². The predicted molar refractivity (Wildman–Crippen MR) is 82.5 cm³/mol. The summed E-state index contributed by atoms with van der Waals surface area (Å²) in [5.74, 6) is 0.599. The molecule has 0 saturated heterocycles. The lowest BCUT2D eigenvalue weighted by atomic mass is 10.1. The van der Waals surface area contributed by atoms with E-state index in [2.05, 4.69) is 16.2 Å². The van der Waals surface area contributed by atoms with E-state index in [1.165, 1.54) is 21.9 Å². The zero-order valence-corrected chi connectivity index (χ0v) is 12.8. The van der Waals surface area contributed by atoms with Gasteiger partial charge in [0.15, 0.2) is 0 Å². The van der Waals surface area contributed by atoms with Gasteiger partial charge in [0, 0.05) is 11.8 Å². The Morgan fingerprint density at radius 1 is 1.41 bits per heavy atom. The largest absolute Gasteiger partial charge is 0.430 e. The smallest absolute Gasteiger partial charge is 0.299 e. The molecule has 0 saturated carbocycles. The molecule has 0 fully saturated rings. The van der Waals surface area contributed by atoms with Gasteiger partial charge < -0.3 is 4.74 Å². The first kappa shape index (κ1) is 14.2. The Morgan fingerprint density at radius 3 is 2.91 bits per heavy atom. The van der Waals surface area contributed by atoms with Crippen LogP contribution in [0.3, 0.4) is 0 Å². The molecule has 1 aromatic carbocycles. The van der Waals surface area contributed by atoms with Gasteiger partial charge in [-0.1, -0.05) is 6.92 Å². The SMILES string of the molecule is CCc1cc(=O)n2nc(Oc3ccc(C#N)cc3C)sc2n1. The second-order valence-corrected chi connectivity index (χ2v) is 5.61. The average molecular weight is 312 g/mol. The highest BCUT2D eigenvalue weighted by molar-refractivity contribution is 7.18. The summed E-state index contributed by atoms with van der Waals surface area (Å²) in [6, 6.07) is 8.68. The van der Waals surface area contributed by atoms with E-state index in [0.717, 1.165) is 11.3 Å². The van der Waals surface area contributed by atoms with Gasteiger partial charge in [-0.25, -0.2) is 4.98 Å². The molecule has 0 aliphatic heterocycles. The summed E-state index contributed by atoms with van der Waals surface area (Å²) in [7, 11) is 0. The van der Waals surface area contributed by atoms with Crippen LogP contribution in [0.1, 0.15) is 23.7 Å². The summed E-state index contributed by atoms with van der Waals surface area (Å²) in [5, 5.41) is 13.3. The summed E-state index contributed by atoms with van der Waals surface area (Å²) in [5.41, 5.74) is 1.91. The zero-order valence-electron chi connectivity index (χ0n) is 12.0. The van der Waals surface area contributed by atoms with Crippen molar-refractivity contribution in [2.45, 2.75) is 20.3 Å². The minimum absolute atomic E-state index is 0.218. The van der Waals surface area contributed by atoms with Crippen LogP contribution >= 0.6 is 11.3 Å². The lowest BCUT2D eigenvalue weighted by molar-refractivity contribution is 0.466. The van der Waals surface area contributed by atoms with E-state index in [-0.39, 0.29) is 5.56 Å². The number of fused-ring (bicyclic) bond motifs is 1. The number of aromatic nitrogens is 3. The van der Waals surface area contributed by atoms with Gasteiger partial charge in [0.2, 0.25) is 4.96 Å². The van der Waals surface area contributed by atoms with Crippen LogP contribution in [-0.2, 0) is 6.42 Å². The number of benzene rings is 1. The molecule has 2 aromatic heterocycles. The molecule has 3 rings (SSSR count). The Balaban J connectivity index is 2.00. The van der Waals surface area contributed by atoms with Crippen molar-refractivity contribution in [3.63, 3.8) is 0 Å². The third-order valence-corrected chi connectivity index (χ3v) is 3.93. The summed E-state index contributed by atoms with van der Waals surface area (Å²) in [6.45, 7) is 3.79. The first-order chi connectivity index (χ1) is 10.6. The van der Waals surface area contributed by atoms with Gasteiger partial charge in [-0.3, -0.25) is 4.79 Å². The van der Waals surface area contributed by atoms with Crippen molar-refractivity contribution >= 4 is 16.3 Å². The van der Waals surface area contributed by atoms with Crippen LogP contribution in [0.2, 0.25) is 0 Å². The number of nitrogens with zero attached hydrogens (tertiary/aromatic N) is 4. The molecule has 7 heteroatoms. The van der Waals surface area contributed by atoms with E-state index in [0.29, 0.717) is 27.9 Å². The molecule has 0 radical (unpaired) electrons. The maximum atomic E-state index is 12.0. The third kappa shape index (κ3) is 2.56. The van der Waals surface area contributed by atoms with Gasteiger partial charge in [0.05, 0.1) is 11.6 Å². The van der Waals surface area contributed by atoms with E-state index in [1.54, 1.807) is 18.2 Å². The van der Waals surface area contributed by atoms with Gasteiger partial charge in [0.1, 0.15) is 5.75 Å². The van der Waals surface area contributed by atoms with E-state index in [1.807, 2.05) is 13.8 Å². The lowest BCUT2D eigenvalue weighted by Crippen LogP contribution is -2.14. The fraction of sp³-hybridized carbons (Fsp3) is 0.200. The Bertz CT molecular complexity index is 952. The minimum atomic E-state index is -0.218. The Hall–Kier alpha value is -2.72. The van der Waals surface area contributed by atoms with Crippen LogP contribution in [0.4, 0.5) is 0 Å². The number of hydrogen-bond acceptors (Lipinski definition) is 6. The van der Waals surface area contributed by atoms with Gasteiger partial charge in [-0.15, -0.1) is 5.10 Å². The van der Waals surface area contributed by atoms with Crippen molar-refractivity contribution < 1.29 is 4.74 Å². The second kappa shape index (κ2) is 5.58. The average Bonchev–Trinajstić information content (AvgIpc) is 2.92. The Labute approximate surface area is 130 Å². The van der Waals surface area contributed by atoms with Crippen LogP contribution in [0.15, 0.2) is 29.1 Å². The van der Waals surface area contributed by atoms with Crippen LogP contribution in [0.5, 0.6) is 10.9 Å². The monoisotopic (exact) mass is 312 g/mol. The molecule has 0 amide bonds. The van der Waals surface area contributed by atoms with Gasteiger partial charge in [0.25, 0.3) is 10.8 Å². The summed E-state index contributed by atoms with van der Waals surface area (Å²) in [6.07, 6.45) is 0.689. The van der Waals surface area contributed by atoms with Crippen molar-refractivity contribution in [3.8, 4) is 17.0 Å². The lowest BCUT2D eigenvalue weighted by Gasteiger charge is -2.04. The molecule has 6 nitrogen and oxygen atoms in total. The van der Waals surface area contributed by atoms with Gasteiger partial charge in [-0.05, 0) is 48.4 Å². The molecule has 2 heterocycles. The third-order valence-electron chi connectivity index (χ3n) is 3.14. The molecular formula is C15H12N4O2S. The predicted octanol–water partition coefficient (Wildman–Crippen LogP) is 2.69. The molecule has 0 spiro atoms. The molecular weight excluding hydrogens is 300 g/mol. The van der Waals surface area contributed by atoms with E-state index < -0.39 is 0 Å². The Kier molecular flexibility index (Phi) is 3.61. The molecule has 0 atom stereocenters. The number of aryl methyl sites for hydroxylation is 2. The first-order valence-corrected chi connectivity index (χ1v) is 7.50. The maximum Gasteiger partial charge on any atom is 0.299 e. The van der Waals surface area contributed by atoms with Crippen molar-refractivity contribution in [1.82, 2.24) is 14.6 Å². The van der Waals surface area contributed by atoms with Crippen molar-refractivity contribution in [3.05, 3.63) is 51.4 Å². The molecule has 3 aromatic rings. The number of nitriles is 1. The number of hydrogen-bond donors (Lipinski definition) is 0. The van der Waals surface area contributed by atoms with E-state index in [9.17, 15) is 4.79 Å². The second-order valence-electron chi connectivity index (χ2n) is 4.70. The van der Waals surface area contributed by atoms with E-state index >= 15 is 0 Å². The Morgan fingerprint density at radius 2 is 2.23 bits per heavy atom. The van der Waals surface area contributed by atoms with E-state index in [4.69, 9.17) is 10.00 Å². The maximum absolute atomic E-state index is 12.0. The van der Waals surface area contributed by atoms with Crippen LogP contribution < -0.4 is 10.3 Å². The highest BCUT2D eigenvalue weighted by Crippen LogP contribution is 2.28. The van der Waals surface area contributed by atoms with Crippen molar-refractivity contribution in [2.24, 2.45) is 0 Å². The van der Waals surface area contributed by atoms with Crippen LogP contribution in [0.25, 0.3) is 4.96 Å². The first-order valence-electron chi connectivity index (χ1n) is 6.69. The molecule has 0 bridgehead atoms. The summed E-state index contributed by atoms with van der Waals surface area (Å²) >= 11 is 1.21. The highest BCUT2D eigenvalue weighted by Gasteiger charge is 2.11. The quantitative estimate of drug-likeness (QED) is 0.743. The number of rotatable bonds is 3. The van der Waals surface area contributed by atoms with Crippen LogP contribution in [0, 0.1) is 18.3 Å². The molecule has 110 valence electrons. The molecule has 0 aliphatic carbocycles. The molecule has 0 N–H and O–H groups in total. The fourth-order valence-corrected chi connectivity index (χ4v) is 2.78. The number of ether oxygens (including phenoxy) is 1. The molecule has 0 aliphatic rings. The fourth-order valence-electron chi connectivity index (χ4n) is 1.99. The van der Waals surface area contributed by atoms with Crippen molar-refractivity contribution in [1.29, 1.82) is 5.26 Å². The topological polar surface area (TPSA) is 80.3 Å². The van der Waals surface area contributed by atoms with Gasteiger partial charge in [-0.2, -0.15) is 9.78 Å².